The smallest absolute Gasteiger partial charge is 0.246 e. The molecule has 0 spiro atoms. The molecule has 1 aromatic carbocycles. The molecule has 0 heterocycles. The van der Waals surface area contributed by atoms with E-state index in [1.54, 1.807) is 6.92 Å². The van der Waals surface area contributed by atoms with Gasteiger partial charge in [0.05, 0.1) is 6.61 Å². The van der Waals surface area contributed by atoms with Crippen molar-refractivity contribution in [1.82, 2.24) is 4.31 Å². The largest absolute Gasteiger partial charge is 0.395 e. The third kappa shape index (κ3) is 3.62. The maximum absolute atomic E-state index is 14.1. The lowest BCUT2D eigenvalue weighted by molar-refractivity contribution is 0.305. The molecule has 114 valence electrons. The second-order valence-electron chi connectivity index (χ2n) is 4.86. The van der Waals surface area contributed by atoms with E-state index in [9.17, 15) is 12.8 Å². The summed E-state index contributed by atoms with van der Waals surface area (Å²) in [5, 5.41) is 8.63. The molecular weight excluding hydrogens is 293 g/mol. The zero-order chi connectivity index (χ0) is 15.5. The summed E-state index contributed by atoms with van der Waals surface area (Å²) in [5.74, 6) is 4.57. The van der Waals surface area contributed by atoms with Crippen LogP contribution in [0.15, 0.2) is 23.1 Å². The van der Waals surface area contributed by atoms with E-state index >= 15 is 0 Å². The van der Waals surface area contributed by atoms with Crippen LogP contribution in [0.3, 0.4) is 0 Å². The van der Waals surface area contributed by atoms with Gasteiger partial charge in [0.15, 0.2) is 0 Å². The number of hydrogen-bond acceptors (Lipinski definition) is 3. The summed E-state index contributed by atoms with van der Waals surface area (Å²) in [4.78, 5) is -0.302. The van der Waals surface area contributed by atoms with Crippen LogP contribution < -0.4 is 0 Å². The highest BCUT2D eigenvalue weighted by Crippen LogP contribution is 2.32. The number of aliphatic hydroxyl groups is 1. The first kappa shape index (κ1) is 16.0. The number of halogens is 1. The van der Waals surface area contributed by atoms with Crippen LogP contribution in [0.5, 0.6) is 0 Å². The number of sulfonamides is 1. The van der Waals surface area contributed by atoms with Gasteiger partial charge >= 0.3 is 0 Å². The lowest BCUT2D eigenvalue weighted by Gasteiger charge is -2.20. The molecule has 0 unspecified atom stereocenters. The quantitative estimate of drug-likeness (QED) is 0.843. The maximum atomic E-state index is 14.1. The average molecular weight is 311 g/mol. The van der Waals surface area contributed by atoms with Crippen molar-refractivity contribution in [2.24, 2.45) is 0 Å². The molecule has 21 heavy (non-hydrogen) atoms. The Hall–Kier alpha value is -1.42. The van der Waals surface area contributed by atoms with Crippen LogP contribution in [0, 0.1) is 17.7 Å². The highest BCUT2D eigenvalue weighted by atomic mass is 32.2. The molecule has 0 atom stereocenters. The van der Waals surface area contributed by atoms with E-state index in [-0.39, 0.29) is 17.5 Å². The van der Waals surface area contributed by atoms with Crippen molar-refractivity contribution in [2.75, 3.05) is 13.2 Å². The molecule has 1 saturated carbocycles. The molecule has 4 nitrogen and oxygen atoms in total. The van der Waals surface area contributed by atoms with Crippen molar-refractivity contribution in [1.29, 1.82) is 0 Å². The molecule has 0 aliphatic heterocycles. The molecule has 1 fully saturated rings. The van der Waals surface area contributed by atoms with Crippen molar-refractivity contribution < 1.29 is 17.9 Å². The lowest BCUT2D eigenvalue weighted by Crippen LogP contribution is -2.33. The first-order valence-electron chi connectivity index (χ1n) is 6.91. The SMILES string of the molecule is CCN(C1CC1)S(=O)(=O)c1ccc(C#CCCO)cc1F. The molecule has 0 saturated heterocycles. The molecule has 1 aliphatic rings. The number of hydrogen-bond donors (Lipinski definition) is 1. The molecule has 0 aromatic heterocycles. The van der Waals surface area contributed by atoms with E-state index in [1.165, 1.54) is 16.4 Å². The van der Waals surface area contributed by atoms with Gasteiger partial charge in [0.25, 0.3) is 0 Å². The Kier molecular flexibility index (Phi) is 4.99. The second-order valence-corrected chi connectivity index (χ2v) is 6.72. The minimum atomic E-state index is -3.79. The number of aliphatic hydroxyl groups excluding tert-OH is 1. The standard InChI is InChI=1S/C15H18FNO3S/c1-2-17(13-7-8-13)21(19,20)15-9-6-12(11-14(15)16)5-3-4-10-18/h6,9,11,13,18H,2,4,7-8,10H2,1H3. The Bertz CT molecular complexity index is 672. The van der Waals surface area contributed by atoms with Crippen LogP contribution in [0.1, 0.15) is 31.7 Å². The zero-order valence-corrected chi connectivity index (χ0v) is 12.7. The van der Waals surface area contributed by atoms with Crippen LogP contribution in [0.25, 0.3) is 0 Å². The predicted octanol–water partition coefficient (Wildman–Crippen LogP) is 1.73. The van der Waals surface area contributed by atoms with E-state index in [4.69, 9.17) is 5.11 Å². The normalized spacial score (nSPS) is 14.9. The highest BCUT2D eigenvalue weighted by molar-refractivity contribution is 7.89. The van der Waals surface area contributed by atoms with Gasteiger partial charge in [0, 0.05) is 24.6 Å². The van der Waals surface area contributed by atoms with Crippen LogP contribution in [-0.2, 0) is 10.0 Å². The van der Waals surface area contributed by atoms with Crippen LogP contribution in [-0.4, -0.2) is 37.0 Å². The van der Waals surface area contributed by atoms with Gasteiger partial charge in [-0.15, -0.1) is 0 Å². The van der Waals surface area contributed by atoms with Crippen LogP contribution >= 0.6 is 0 Å². The molecule has 0 amide bonds. The monoisotopic (exact) mass is 311 g/mol. The lowest BCUT2D eigenvalue weighted by atomic mass is 10.2. The van der Waals surface area contributed by atoms with E-state index < -0.39 is 15.8 Å². The fourth-order valence-corrected chi connectivity index (χ4v) is 3.86. The second kappa shape index (κ2) is 6.56. The predicted molar refractivity (Wildman–Crippen MR) is 77.6 cm³/mol. The Morgan fingerprint density at radius 2 is 2.14 bits per heavy atom. The molecule has 1 aliphatic carbocycles. The fourth-order valence-electron chi connectivity index (χ4n) is 2.12. The Morgan fingerprint density at radius 1 is 1.43 bits per heavy atom. The van der Waals surface area contributed by atoms with Crippen molar-refractivity contribution >= 4 is 10.0 Å². The van der Waals surface area contributed by atoms with Gasteiger partial charge < -0.3 is 5.11 Å². The topological polar surface area (TPSA) is 57.6 Å². The number of rotatable bonds is 5. The average Bonchev–Trinajstić information content (AvgIpc) is 3.24. The van der Waals surface area contributed by atoms with E-state index in [1.807, 2.05) is 0 Å². The molecule has 2 rings (SSSR count). The maximum Gasteiger partial charge on any atom is 0.246 e. The first-order valence-corrected chi connectivity index (χ1v) is 8.35. The van der Waals surface area contributed by atoms with Gasteiger partial charge in [0.1, 0.15) is 10.7 Å². The summed E-state index contributed by atoms with van der Waals surface area (Å²) in [6.45, 7) is 2.03. The summed E-state index contributed by atoms with van der Waals surface area (Å²) < 4.78 is 40.4. The van der Waals surface area contributed by atoms with Gasteiger partial charge in [-0.2, -0.15) is 4.31 Å². The molecule has 0 radical (unpaired) electrons. The minimum absolute atomic E-state index is 0.00317. The van der Waals surface area contributed by atoms with Gasteiger partial charge in [-0.1, -0.05) is 18.8 Å². The van der Waals surface area contributed by atoms with Gasteiger partial charge in [-0.3, -0.25) is 0 Å². The van der Waals surface area contributed by atoms with Crippen LogP contribution in [0.4, 0.5) is 4.39 Å². The summed E-state index contributed by atoms with van der Waals surface area (Å²) >= 11 is 0. The highest BCUT2D eigenvalue weighted by Gasteiger charge is 2.38. The van der Waals surface area contributed by atoms with E-state index in [2.05, 4.69) is 11.8 Å². The summed E-state index contributed by atoms with van der Waals surface area (Å²) in [5.41, 5.74) is 0.398. The minimum Gasteiger partial charge on any atom is -0.395 e. The molecular formula is C15H18FNO3S. The Morgan fingerprint density at radius 3 is 2.67 bits per heavy atom. The molecule has 1 aromatic rings. The third-order valence-electron chi connectivity index (χ3n) is 3.25. The van der Waals surface area contributed by atoms with Gasteiger partial charge in [-0.05, 0) is 31.0 Å². The van der Waals surface area contributed by atoms with E-state index in [0.29, 0.717) is 18.5 Å². The third-order valence-corrected chi connectivity index (χ3v) is 5.31. The van der Waals surface area contributed by atoms with Crippen molar-refractivity contribution in [3.8, 4) is 11.8 Å². The van der Waals surface area contributed by atoms with Crippen molar-refractivity contribution in [3.05, 3.63) is 29.6 Å². The fraction of sp³-hybridized carbons (Fsp3) is 0.467. The zero-order valence-electron chi connectivity index (χ0n) is 11.8. The number of nitrogens with zero attached hydrogens (tertiary/aromatic N) is 1. The Labute approximate surface area is 124 Å². The van der Waals surface area contributed by atoms with Crippen LogP contribution in [0.2, 0.25) is 0 Å². The van der Waals surface area contributed by atoms with Crippen molar-refractivity contribution in [2.45, 2.75) is 37.1 Å². The molecule has 0 bridgehead atoms. The molecule has 1 N–H and O–H groups in total. The first-order chi connectivity index (χ1) is 10.0. The summed E-state index contributed by atoms with van der Waals surface area (Å²) in [6, 6.07) is 3.88. The molecule has 6 heteroatoms. The van der Waals surface area contributed by atoms with Crippen molar-refractivity contribution in [3.63, 3.8) is 0 Å². The van der Waals surface area contributed by atoms with Gasteiger partial charge in [0.2, 0.25) is 10.0 Å². The summed E-state index contributed by atoms with van der Waals surface area (Å²) in [6.07, 6.45) is 1.96. The number of benzene rings is 1. The Balaban J connectivity index is 2.30. The summed E-state index contributed by atoms with van der Waals surface area (Å²) in [7, 11) is -3.79. The van der Waals surface area contributed by atoms with E-state index in [0.717, 1.165) is 18.9 Å². The van der Waals surface area contributed by atoms with Gasteiger partial charge in [-0.25, -0.2) is 12.8 Å².